The molecule has 1 atom stereocenters. The highest BCUT2D eigenvalue weighted by Gasteiger charge is 2.16. The highest BCUT2D eigenvalue weighted by Crippen LogP contribution is 2.22. The molecular weight excluding hydrogens is 291 g/mol. The normalized spacial score (nSPS) is 12.2. The van der Waals surface area contributed by atoms with Crippen LogP contribution in [0.15, 0.2) is 29.7 Å². The fourth-order valence-corrected chi connectivity index (χ4v) is 2.18. The summed E-state index contributed by atoms with van der Waals surface area (Å²) in [5.74, 6) is -0.757. The van der Waals surface area contributed by atoms with Crippen molar-refractivity contribution in [2.45, 2.75) is 17.3 Å². The van der Waals surface area contributed by atoms with Crippen LogP contribution in [0.2, 0.25) is 5.02 Å². The second-order valence-electron chi connectivity index (χ2n) is 3.67. The van der Waals surface area contributed by atoms with Gasteiger partial charge < -0.3 is 5.32 Å². The quantitative estimate of drug-likeness (QED) is 0.852. The smallest absolute Gasteiger partial charge is 0.237 e. The minimum Gasteiger partial charge on any atom is -0.325 e. The van der Waals surface area contributed by atoms with Crippen molar-refractivity contribution in [3.05, 3.63) is 35.4 Å². The van der Waals surface area contributed by atoms with Crippen LogP contribution in [0.1, 0.15) is 6.92 Å². The van der Waals surface area contributed by atoms with Crippen LogP contribution < -0.4 is 5.32 Å². The number of nitrogens with zero attached hydrogens (tertiary/aromatic N) is 2. The van der Waals surface area contributed by atoms with Crippen molar-refractivity contribution >= 4 is 35.0 Å². The molecule has 0 saturated carbocycles. The molecule has 2 N–H and O–H groups in total. The Morgan fingerprint density at radius 2 is 2.37 bits per heavy atom. The zero-order valence-electron chi connectivity index (χ0n) is 9.85. The molecule has 1 aromatic heterocycles. The SMILES string of the molecule is C[C@@H](Sc1ncn[nH]1)C(=O)Nc1ccc(F)c(Cl)c1. The standard InChI is InChI=1S/C11H10ClFN4OS/c1-6(19-11-14-5-15-17-11)10(18)16-7-2-3-9(13)8(12)4-7/h2-6H,1H3,(H,16,18)(H,14,15,17)/t6-/m1/s1. The lowest BCUT2D eigenvalue weighted by molar-refractivity contribution is -0.115. The Hall–Kier alpha value is -1.60. The highest BCUT2D eigenvalue weighted by atomic mass is 35.5. The number of thioether (sulfide) groups is 1. The summed E-state index contributed by atoms with van der Waals surface area (Å²) in [6.07, 6.45) is 1.37. The van der Waals surface area contributed by atoms with Crippen molar-refractivity contribution in [2.24, 2.45) is 0 Å². The number of amides is 1. The van der Waals surface area contributed by atoms with Gasteiger partial charge in [0.15, 0.2) is 5.16 Å². The number of H-pyrrole nitrogens is 1. The van der Waals surface area contributed by atoms with E-state index in [4.69, 9.17) is 11.6 Å². The van der Waals surface area contributed by atoms with Gasteiger partial charge in [0.2, 0.25) is 5.91 Å². The first-order valence-electron chi connectivity index (χ1n) is 5.34. The number of carbonyl (C=O) groups is 1. The van der Waals surface area contributed by atoms with Crippen LogP contribution in [-0.2, 0) is 4.79 Å². The molecule has 100 valence electrons. The lowest BCUT2D eigenvalue weighted by atomic mass is 10.3. The van der Waals surface area contributed by atoms with Crippen molar-refractivity contribution in [1.29, 1.82) is 0 Å². The Morgan fingerprint density at radius 3 is 3.00 bits per heavy atom. The number of hydrogen-bond donors (Lipinski definition) is 2. The van der Waals surface area contributed by atoms with Gasteiger partial charge in [0.25, 0.3) is 0 Å². The van der Waals surface area contributed by atoms with Gasteiger partial charge in [-0.1, -0.05) is 23.4 Å². The molecule has 19 heavy (non-hydrogen) atoms. The number of rotatable bonds is 4. The molecule has 5 nitrogen and oxygen atoms in total. The van der Waals surface area contributed by atoms with Gasteiger partial charge in [-0.15, -0.1) is 0 Å². The predicted octanol–water partition coefficient (Wildman–Crippen LogP) is 2.72. The number of nitrogens with one attached hydrogen (secondary N) is 2. The summed E-state index contributed by atoms with van der Waals surface area (Å²) in [7, 11) is 0. The first-order chi connectivity index (χ1) is 9.06. The average Bonchev–Trinajstić information content (AvgIpc) is 2.86. The van der Waals surface area contributed by atoms with Gasteiger partial charge in [0.05, 0.1) is 10.3 Å². The monoisotopic (exact) mass is 300 g/mol. The van der Waals surface area contributed by atoms with Crippen LogP contribution >= 0.6 is 23.4 Å². The summed E-state index contributed by atoms with van der Waals surface area (Å²) in [5, 5.41) is 9.14. The van der Waals surface area contributed by atoms with Crippen LogP contribution in [0.25, 0.3) is 0 Å². The Balaban J connectivity index is 1.98. The number of aromatic nitrogens is 3. The van der Waals surface area contributed by atoms with Gasteiger partial charge in [-0.3, -0.25) is 9.89 Å². The third-order valence-corrected chi connectivity index (χ3v) is 3.51. The maximum atomic E-state index is 13.0. The van der Waals surface area contributed by atoms with Gasteiger partial charge in [0, 0.05) is 5.69 Å². The number of hydrogen-bond acceptors (Lipinski definition) is 4. The molecule has 0 radical (unpaired) electrons. The Labute approximate surface area is 118 Å². The van der Waals surface area contributed by atoms with Gasteiger partial charge in [-0.05, 0) is 25.1 Å². The molecule has 0 aliphatic rings. The number of anilines is 1. The molecule has 0 aliphatic heterocycles. The van der Waals surface area contributed by atoms with E-state index in [0.717, 1.165) is 0 Å². The van der Waals surface area contributed by atoms with E-state index in [1.807, 2.05) is 0 Å². The molecule has 0 spiro atoms. The molecule has 1 amide bonds. The zero-order chi connectivity index (χ0) is 13.8. The number of carbonyl (C=O) groups excluding carboxylic acids is 1. The lowest BCUT2D eigenvalue weighted by Crippen LogP contribution is -2.22. The first-order valence-corrected chi connectivity index (χ1v) is 6.60. The van der Waals surface area contributed by atoms with Crippen LogP contribution in [0.4, 0.5) is 10.1 Å². The summed E-state index contributed by atoms with van der Waals surface area (Å²) in [6, 6.07) is 4.01. The molecule has 0 saturated heterocycles. The summed E-state index contributed by atoms with van der Waals surface area (Å²) < 4.78 is 13.0. The topological polar surface area (TPSA) is 70.7 Å². The van der Waals surface area contributed by atoms with Crippen molar-refractivity contribution in [3.8, 4) is 0 Å². The van der Waals surface area contributed by atoms with Crippen molar-refractivity contribution in [1.82, 2.24) is 15.2 Å². The molecule has 1 heterocycles. The third kappa shape index (κ3) is 3.68. The number of halogens is 2. The Bertz CT molecular complexity index is 578. The maximum absolute atomic E-state index is 13.0. The number of benzene rings is 1. The summed E-state index contributed by atoms with van der Waals surface area (Å²) in [4.78, 5) is 15.8. The van der Waals surface area contributed by atoms with E-state index in [9.17, 15) is 9.18 Å². The number of aromatic amines is 1. The zero-order valence-corrected chi connectivity index (χ0v) is 11.4. The Kier molecular flexibility index (Phi) is 4.39. The summed E-state index contributed by atoms with van der Waals surface area (Å²) in [6.45, 7) is 1.73. The van der Waals surface area contributed by atoms with Gasteiger partial charge in [0.1, 0.15) is 12.1 Å². The second-order valence-corrected chi connectivity index (χ2v) is 5.41. The molecule has 2 rings (SSSR count). The van der Waals surface area contributed by atoms with Gasteiger partial charge >= 0.3 is 0 Å². The molecule has 0 unspecified atom stereocenters. The van der Waals surface area contributed by atoms with E-state index in [0.29, 0.717) is 10.8 Å². The highest BCUT2D eigenvalue weighted by molar-refractivity contribution is 8.00. The summed E-state index contributed by atoms with van der Waals surface area (Å²) in [5.41, 5.74) is 0.446. The predicted molar refractivity (Wildman–Crippen MR) is 71.7 cm³/mol. The van der Waals surface area contributed by atoms with E-state index in [2.05, 4.69) is 20.5 Å². The van der Waals surface area contributed by atoms with Crippen LogP contribution in [-0.4, -0.2) is 26.3 Å². The molecule has 0 aliphatic carbocycles. The van der Waals surface area contributed by atoms with E-state index in [1.165, 1.54) is 36.3 Å². The fourth-order valence-electron chi connectivity index (χ4n) is 1.29. The van der Waals surface area contributed by atoms with Gasteiger partial charge in [-0.25, -0.2) is 9.37 Å². The van der Waals surface area contributed by atoms with E-state index < -0.39 is 5.82 Å². The largest absolute Gasteiger partial charge is 0.325 e. The molecule has 1 aromatic carbocycles. The first kappa shape index (κ1) is 13.8. The van der Waals surface area contributed by atoms with E-state index in [1.54, 1.807) is 6.92 Å². The van der Waals surface area contributed by atoms with Crippen molar-refractivity contribution < 1.29 is 9.18 Å². The molecule has 0 fully saturated rings. The molecule has 2 aromatic rings. The van der Waals surface area contributed by atoms with Crippen molar-refractivity contribution in [3.63, 3.8) is 0 Å². The summed E-state index contributed by atoms with van der Waals surface area (Å²) >= 11 is 6.87. The lowest BCUT2D eigenvalue weighted by Gasteiger charge is -2.10. The Morgan fingerprint density at radius 1 is 1.58 bits per heavy atom. The fraction of sp³-hybridized carbons (Fsp3) is 0.182. The van der Waals surface area contributed by atoms with E-state index in [-0.39, 0.29) is 16.2 Å². The van der Waals surface area contributed by atoms with Crippen LogP contribution in [0, 0.1) is 5.82 Å². The maximum Gasteiger partial charge on any atom is 0.237 e. The van der Waals surface area contributed by atoms with Crippen LogP contribution in [0.5, 0.6) is 0 Å². The molecule has 8 heteroatoms. The minimum absolute atomic E-state index is 0.0339. The minimum atomic E-state index is -0.524. The average molecular weight is 301 g/mol. The second kappa shape index (κ2) is 6.03. The van der Waals surface area contributed by atoms with Gasteiger partial charge in [-0.2, -0.15) is 5.10 Å². The third-order valence-electron chi connectivity index (χ3n) is 2.24. The molecule has 0 bridgehead atoms. The van der Waals surface area contributed by atoms with Crippen molar-refractivity contribution in [2.75, 3.05) is 5.32 Å². The van der Waals surface area contributed by atoms with E-state index >= 15 is 0 Å². The van der Waals surface area contributed by atoms with Crippen LogP contribution in [0.3, 0.4) is 0 Å². The molecular formula is C11H10ClFN4OS.